The molecule has 1 heterocycles. The van der Waals surface area contributed by atoms with Crippen LogP contribution in [-0.4, -0.2) is 49.5 Å². The summed E-state index contributed by atoms with van der Waals surface area (Å²) >= 11 is 5.98. The molecule has 2 rings (SSSR count). The molecule has 0 unspecified atom stereocenters. The summed E-state index contributed by atoms with van der Waals surface area (Å²) in [7, 11) is 3.93. The van der Waals surface area contributed by atoms with E-state index in [1.165, 1.54) is 5.56 Å². The molecule has 2 N–H and O–H groups in total. The van der Waals surface area contributed by atoms with Crippen LogP contribution < -0.4 is 10.6 Å². The molecule has 128 valence electrons. The van der Waals surface area contributed by atoms with Crippen LogP contribution in [-0.2, 0) is 6.42 Å². The van der Waals surface area contributed by atoms with Crippen LogP contribution in [0.15, 0.2) is 42.6 Å². The smallest absolute Gasteiger partial charge is 0.269 e. The van der Waals surface area contributed by atoms with E-state index in [0.717, 1.165) is 30.2 Å². The van der Waals surface area contributed by atoms with E-state index in [9.17, 15) is 4.79 Å². The van der Waals surface area contributed by atoms with Crippen molar-refractivity contribution in [3.63, 3.8) is 0 Å². The highest BCUT2D eigenvalue weighted by Gasteiger charge is 2.07. The number of amides is 1. The zero-order valence-corrected chi connectivity index (χ0v) is 14.8. The lowest BCUT2D eigenvalue weighted by Crippen LogP contribution is -2.31. The molecule has 0 aliphatic heterocycles. The molecule has 1 amide bonds. The first-order valence-electron chi connectivity index (χ1n) is 7.92. The standard InChI is InChI=1S/C18H23ClN4O/c1-23(2)11-10-22-18(24)17-13-16(7-9-21-17)20-8-6-14-4-3-5-15(19)12-14/h3-5,7,9,12-13H,6,8,10-11H2,1-2H3,(H,20,21)(H,22,24). The van der Waals surface area contributed by atoms with Gasteiger partial charge in [-0.2, -0.15) is 0 Å². The molecule has 0 radical (unpaired) electrons. The van der Waals surface area contributed by atoms with Crippen LogP contribution in [0.2, 0.25) is 5.02 Å². The molecule has 0 spiro atoms. The lowest BCUT2D eigenvalue weighted by atomic mass is 10.1. The fourth-order valence-electron chi connectivity index (χ4n) is 2.19. The Morgan fingerprint density at radius 2 is 2.04 bits per heavy atom. The van der Waals surface area contributed by atoms with Gasteiger partial charge in [-0.05, 0) is 50.3 Å². The van der Waals surface area contributed by atoms with Gasteiger partial charge in [-0.3, -0.25) is 9.78 Å². The zero-order chi connectivity index (χ0) is 17.4. The fourth-order valence-corrected chi connectivity index (χ4v) is 2.40. The van der Waals surface area contributed by atoms with E-state index in [2.05, 4.69) is 15.6 Å². The number of anilines is 1. The summed E-state index contributed by atoms with van der Waals surface area (Å²) in [6.07, 6.45) is 2.50. The summed E-state index contributed by atoms with van der Waals surface area (Å²) in [5.74, 6) is -0.157. The Balaban J connectivity index is 1.84. The van der Waals surface area contributed by atoms with Gasteiger partial charge in [0.1, 0.15) is 5.69 Å². The number of benzene rings is 1. The molecular weight excluding hydrogens is 324 g/mol. The summed E-state index contributed by atoms with van der Waals surface area (Å²) in [6, 6.07) is 11.4. The number of nitrogens with one attached hydrogen (secondary N) is 2. The maximum Gasteiger partial charge on any atom is 0.269 e. The van der Waals surface area contributed by atoms with E-state index in [-0.39, 0.29) is 5.91 Å². The molecule has 0 aliphatic carbocycles. The number of nitrogens with zero attached hydrogens (tertiary/aromatic N) is 2. The number of hydrogen-bond donors (Lipinski definition) is 2. The van der Waals surface area contributed by atoms with Gasteiger partial charge in [-0.15, -0.1) is 0 Å². The van der Waals surface area contributed by atoms with Crippen molar-refractivity contribution >= 4 is 23.2 Å². The number of pyridine rings is 1. The molecule has 0 saturated carbocycles. The van der Waals surface area contributed by atoms with Crippen LogP contribution in [0.3, 0.4) is 0 Å². The largest absolute Gasteiger partial charge is 0.385 e. The number of carbonyl (C=O) groups excluding carboxylic acids is 1. The quantitative estimate of drug-likeness (QED) is 0.771. The Morgan fingerprint density at radius 3 is 2.79 bits per heavy atom. The molecule has 1 aromatic carbocycles. The summed E-state index contributed by atoms with van der Waals surface area (Å²) in [5, 5.41) is 6.91. The fraction of sp³-hybridized carbons (Fsp3) is 0.333. The van der Waals surface area contributed by atoms with E-state index >= 15 is 0 Å². The first-order chi connectivity index (χ1) is 11.5. The summed E-state index contributed by atoms with van der Waals surface area (Å²) in [4.78, 5) is 18.2. The number of aromatic nitrogens is 1. The van der Waals surface area contributed by atoms with Gasteiger partial charge >= 0.3 is 0 Å². The van der Waals surface area contributed by atoms with Crippen molar-refractivity contribution < 1.29 is 4.79 Å². The molecule has 0 saturated heterocycles. The van der Waals surface area contributed by atoms with E-state index < -0.39 is 0 Å². The molecule has 6 heteroatoms. The lowest BCUT2D eigenvalue weighted by molar-refractivity contribution is 0.0946. The third-order valence-electron chi connectivity index (χ3n) is 3.47. The minimum absolute atomic E-state index is 0.157. The predicted molar refractivity (Wildman–Crippen MR) is 98.8 cm³/mol. The second-order valence-electron chi connectivity index (χ2n) is 5.80. The predicted octanol–water partition coefficient (Wildman–Crippen LogP) is 2.68. The third-order valence-corrected chi connectivity index (χ3v) is 3.70. The average molecular weight is 347 g/mol. The molecule has 0 fully saturated rings. The highest BCUT2D eigenvalue weighted by atomic mass is 35.5. The second kappa shape index (κ2) is 9.25. The maximum atomic E-state index is 12.1. The maximum absolute atomic E-state index is 12.1. The zero-order valence-electron chi connectivity index (χ0n) is 14.1. The molecule has 1 aromatic heterocycles. The first-order valence-corrected chi connectivity index (χ1v) is 8.29. The van der Waals surface area contributed by atoms with Gasteiger partial charge in [-0.1, -0.05) is 23.7 Å². The highest BCUT2D eigenvalue weighted by molar-refractivity contribution is 6.30. The molecule has 5 nitrogen and oxygen atoms in total. The van der Waals surface area contributed by atoms with Gasteiger partial charge in [0, 0.05) is 36.5 Å². The minimum Gasteiger partial charge on any atom is -0.385 e. The topological polar surface area (TPSA) is 57.3 Å². The number of hydrogen-bond acceptors (Lipinski definition) is 4. The average Bonchev–Trinajstić information content (AvgIpc) is 2.55. The lowest BCUT2D eigenvalue weighted by Gasteiger charge is -2.11. The Kier molecular flexibility index (Phi) is 7.03. The number of likely N-dealkylation sites (N-methyl/N-ethyl adjacent to an activating group) is 1. The van der Waals surface area contributed by atoms with Crippen LogP contribution in [0.1, 0.15) is 16.1 Å². The van der Waals surface area contributed by atoms with Crippen LogP contribution >= 0.6 is 11.6 Å². The monoisotopic (exact) mass is 346 g/mol. The number of carbonyl (C=O) groups is 1. The molecule has 0 aliphatic rings. The van der Waals surface area contributed by atoms with Crippen molar-refractivity contribution in [1.82, 2.24) is 15.2 Å². The molecule has 0 atom stereocenters. The summed E-state index contributed by atoms with van der Waals surface area (Å²) in [6.45, 7) is 2.15. The number of rotatable bonds is 8. The summed E-state index contributed by atoms with van der Waals surface area (Å²) in [5.41, 5.74) is 2.47. The van der Waals surface area contributed by atoms with Crippen molar-refractivity contribution in [2.75, 3.05) is 39.0 Å². The van der Waals surface area contributed by atoms with Crippen molar-refractivity contribution in [2.24, 2.45) is 0 Å². The van der Waals surface area contributed by atoms with Crippen molar-refractivity contribution in [2.45, 2.75) is 6.42 Å². The third kappa shape index (κ3) is 6.18. The van der Waals surface area contributed by atoms with Gasteiger partial charge in [0.25, 0.3) is 5.91 Å². The van der Waals surface area contributed by atoms with E-state index in [1.54, 1.807) is 12.3 Å². The first kappa shape index (κ1) is 18.2. The SMILES string of the molecule is CN(C)CCNC(=O)c1cc(NCCc2cccc(Cl)c2)ccn1. The summed E-state index contributed by atoms with van der Waals surface area (Å²) < 4.78 is 0. The van der Waals surface area contributed by atoms with Crippen molar-refractivity contribution in [3.8, 4) is 0 Å². The molecular formula is C18H23ClN4O. The Hall–Kier alpha value is -2.11. The van der Waals surface area contributed by atoms with Gasteiger partial charge in [-0.25, -0.2) is 0 Å². The Bertz CT molecular complexity index is 676. The van der Waals surface area contributed by atoms with E-state index in [0.29, 0.717) is 12.2 Å². The van der Waals surface area contributed by atoms with Crippen LogP contribution in [0.25, 0.3) is 0 Å². The highest BCUT2D eigenvalue weighted by Crippen LogP contribution is 2.12. The van der Waals surface area contributed by atoms with Gasteiger partial charge in [0.15, 0.2) is 0 Å². The molecule has 0 bridgehead atoms. The molecule has 2 aromatic rings. The number of halogens is 1. The Morgan fingerprint density at radius 1 is 1.21 bits per heavy atom. The normalized spacial score (nSPS) is 10.7. The minimum atomic E-state index is -0.157. The van der Waals surface area contributed by atoms with Gasteiger partial charge in [0.2, 0.25) is 0 Å². The molecule has 24 heavy (non-hydrogen) atoms. The van der Waals surface area contributed by atoms with Crippen LogP contribution in [0, 0.1) is 0 Å². The van der Waals surface area contributed by atoms with Gasteiger partial charge in [0.05, 0.1) is 0 Å². The van der Waals surface area contributed by atoms with Crippen LogP contribution in [0.4, 0.5) is 5.69 Å². The van der Waals surface area contributed by atoms with E-state index in [1.807, 2.05) is 49.3 Å². The van der Waals surface area contributed by atoms with Gasteiger partial charge < -0.3 is 15.5 Å². The van der Waals surface area contributed by atoms with Crippen molar-refractivity contribution in [3.05, 3.63) is 58.9 Å². The second-order valence-corrected chi connectivity index (χ2v) is 6.23. The van der Waals surface area contributed by atoms with E-state index in [4.69, 9.17) is 11.6 Å². The van der Waals surface area contributed by atoms with Crippen LogP contribution in [0.5, 0.6) is 0 Å². The van der Waals surface area contributed by atoms with Crippen molar-refractivity contribution in [1.29, 1.82) is 0 Å². The Labute approximate surface area is 148 Å².